The zero-order valence-electron chi connectivity index (χ0n) is 14.7. The molecule has 2 heterocycles. The number of pyridine rings is 1. The molecule has 1 saturated heterocycles. The Morgan fingerprint density at radius 1 is 1.14 bits per heavy atom. The lowest BCUT2D eigenvalue weighted by molar-refractivity contribution is 0.436. The highest BCUT2D eigenvalue weighted by molar-refractivity contribution is 9.10. The van der Waals surface area contributed by atoms with Crippen LogP contribution in [0.3, 0.4) is 0 Å². The van der Waals surface area contributed by atoms with Crippen molar-refractivity contribution in [2.75, 3.05) is 11.5 Å². The number of nitrogens with zero attached hydrogens (tertiary/aromatic N) is 2. The second-order valence-corrected chi connectivity index (χ2v) is 9.88. The molecule has 2 aromatic carbocycles. The molecule has 1 aliphatic heterocycles. The van der Waals surface area contributed by atoms with Gasteiger partial charge in [0.1, 0.15) is 0 Å². The van der Waals surface area contributed by atoms with Crippen LogP contribution in [-0.2, 0) is 9.84 Å². The first-order chi connectivity index (χ1) is 13.4. The summed E-state index contributed by atoms with van der Waals surface area (Å²) >= 11 is 3.38. The molecule has 0 bridgehead atoms. The van der Waals surface area contributed by atoms with Crippen LogP contribution in [0.2, 0.25) is 0 Å². The molecule has 4 rings (SSSR count). The molecule has 28 heavy (non-hydrogen) atoms. The normalized spacial score (nSPS) is 18.8. The van der Waals surface area contributed by atoms with E-state index < -0.39 is 9.84 Å². The highest BCUT2D eigenvalue weighted by atomic mass is 79.9. The lowest BCUT2D eigenvalue weighted by Crippen LogP contribution is -2.20. The molecule has 1 aliphatic rings. The van der Waals surface area contributed by atoms with Gasteiger partial charge in [0.15, 0.2) is 9.84 Å². The van der Waals surface area contributed by atoms with Crippen molar-refractivity contribution in [3.8, 4) is 11.6 Å². The number of benzene rings is 2. The van der Waals surface area contributed by atoms with Crippen LogP contribution in [0, 0.1) is 0 Å². The van der Waals surface area contributed by atoms with Gasteiger partial charge < -0.3 is 5.11 Å². The number of hydrogen-bond donors (Lipinski definition) is 1. The van der Waals surface area contributed by atoms with E-state index in [2.05, 4.69) is 20.9 Å². The maximum atomic E-state index is 13.0. The Morgan fingerprint density at radius 2 is 1.89 bits per heavy atom. The minimum absolute atomic E-state index is 0.00741. The van der Waals surface area contributed by atoms with Gasteiger partial charge in [0.25, 0.3) is 5.56 Å². The van der Waals surface area contributed by atoms with E-state index in [4.69, 9.17) is 0 Å². The molecule has 0 amide bonds. The Hall–Kier alpha value is -2.45. The summed E-state index contributed by atoms with van der Waals surface area (Å²) in [4.78, 5) is 17.4. The minimum atomic E-state index is -3.05. The van der Waals surface area contributed by atoms with E-state index in [0.717, 1.165) is 4.47 Å². The van der Waals surface area contributed by atoms with Gasteiger partial charge in [-0.2, -0.15) is 0 Å². The highest BCUT2D eigenvalue weighted by Gasteiger charge is 2.27. The fraction of sp³-hybridized carbons (Fsp3) is 0.200. The zero-order chi connectivity index (χ0) is 19.9. The lowest BCUT2D eigenvalue weighted by atomic mass is 10.1. The minimum Gasteiger partial charge on any atom is -0.494 e. The number of sulfone groups is 1. The number of aromatic nitrogens is 1. The van der Waals surface area contributed by atoms with Gasteiger partial charge in [0.05, 0.1) is 28.8 Å². The number of fused-ring (bicyclic) bond motifs is 1. The number of halogens is 1. The summed E-state index contributed by atoms with van der Waals surface area (Å²) in [7, 11) is -3.05. The molecule has 1 atom stereocenters. The summed E-state index contributed by atoms with van der Waals surface area (Å²) in [6.45, 7) is 0. The Labute approximate surface area is 170 Å². The standard InChI is InChI=1S/C20H17BrN2O4S/c21-13-4-3-5-15(10-13)23-19(24)17-7-2-1-6-16(17)18(20(23)25)11-22-14-8-9-28(26,27)12-14/h1-7,10-11,14,25H,8-9,12H2/t14-/m0/s1. The number of aromatic hydroxyl groups is 1. The quantitative estimate of drug-likeness (QED) is 0.608. The summed E-state index contributed by atoms with van der Waals surface area (Å²) in [6.07, 6.45) is 1.94. The average Bonchev–Trinajstić information content (AvgIpc) is 3.01. The Bertz CT molecular complexity index is 1260. The van der Waals surface area contributed by atoms with Gasteiger partial charge >= 0.3 is 0 Å². The molecule has 1 aromatic heterocycles. The van der Waals surface area contributed by atoms with Crippen LogP contribution >= 0.6 is 15.9 Å². The predicted octanol–water partition coefficient (Wildman–Crippen LogP) is 3.06. The fourth-order valence-electron chi connectivity index (χ4n) is 3.42. The molecular formula is C20H17BrN2O4S. The van der Waals surface area contributed by atoms with Crippen LogP contribution in [0.15, 0.2) is 62.8 Å². The molecule has 8 heteroatoms. The molecule has 1 N–H and O–H groups in total. The SMILES string of the molecule is O=c1c2ccccc2c(C=N[C@H]2CCS(=O)(=O)C2)c(O)n1-c1cccc(Br)c1. The van der Waals surface area contributed by atoms with Crippen LogP contribution in [0.5, 0.6) is 5.88 Å². The van der Waals surface area contributed by atoms with Crippen molar-refractivity contribution in [3.63, 3.8) is 0 Å². The van der Waals surface area contributed by atoms with Crippen LogP contribution in [0.25, 0.3) is 16.5 Å². The van der Waals surface area contributed by atoms with Gasteiger partial charge in [0, 0.05) is 21.5 Å². The largest absolute Gasteiger partial charge is 0.494 e. The number of rotatable bonds is 3. The van der Waals surface area contributed by atoms with Gasteiger partial charge in [-0.15, -0.1) is 0 Å². The van der Waals surface area contributed by atoms with E-state index in [-0.39, 0.29) is 29.0 Å². The van der Waals surface area contributed by atoms with E-state index in [1.165, 1.54) is 10.8 Å². The molecule has 0 spiro atoms. The molecule has 144 valence electrons. The van der Waals surface area contributed by atoms with Crippen LogP contribution in [0.1, 0.15) is 12.0 Å². The molecular weight excluding hydrogens is 444 g/mol. The molecule has 0 unspecified atom stereocenters. The van der Waals surface area contributed by atoms with Crippen molar-refractivity contribution in [1.29, 1.82) is 0 Å². The van der Waals surface area contributed by atoms with E-state index in [1.54, 1.807) is 42.5 Å². The van der Waals surface area contributed by atoms with Crippen molar-refractivity contribution in [2.45, 2.75) is 12.5 Å². The topological polar surface area (TPSA) is 88.7 Å². The second-order valence-electron chi connectivity index (χ2n) is 6.74. The molecule has 6 nitrogen and oxygen atoms in total. The smallest absolute Gasteiger partial charge is 0.265 e. The van der Waals surface area contributed by atoms with Crippen molar-refractivity contribution in [1.82, 2.24) is 4.57 Å². The molecule has 3 aromatic rings. The van der Waals surface area contributed by atoms with Crippen molar-refractivity contribution in [2.24, 2.45) is 4.99 Å². The van der Waals surface area contributed by atoms with Crippen molar-refractivity contribution >= 4 is 42.8 Å². The van der Waals surface area contributed by atoms with Crippen LogP contribution < -0.4 is 5.56 Å². The third-order valence-electron chi connectivity index (χ3n) is 4.79. The Morgan fingerprint density at radius 3 is 2.57 bits per heavy atom. The number of aliphatic imine (C=N–C) groups is 1. The Balaban J connectivity index is 1.92. The summed E-state index contributed by atoms with van der Waals surface area (Å²) in [5.74, 6) is -0.0985. The van der Waals surface area contributed by atoms with E-state index in [0.29, 0.717) is 28.4 Å². The van der Waals surface area contributed by atoms with Crippen molar-refractivity contribution in [3.05, 3.63) is 68.9 Å². The van der Waals surface area contributed by atoms with Gasteiger partial charge in [-0.3, -0.25) is 9.79 Å². The van der Waals surface area contributed by atoms with Crippen LogP contribution in [0.4, 0.5) is 0 Å². The van der Waals surface area contributed by atoms with Gasteiger partial charge in [-0.05, 0) is 30.7 Å². The summed E-state index contributed by atoms with van der Waals surface area (Å²) in [5.41, 5.74) is 0.562. The summed E-state index contributed by atoms with van der Waals surface area (Å²) in [6, 6.07) is 13.7. The van der Waals surface area contributed by atoms with E-state index in [1.807, 2.05) is 6.07 Å². The molecule has 1 fully saturated rings. The third-order valence-corrected chi connectivity index (χ3v) is 7.04. The predicted molar refractivity (Wildman–Crippen MR) is 114 cm³/mol. The first kappa shape index (κ1) is 18.9. The van der Waals surface area contributed by atoms with E-state index in [9.17, 15) is 18.3 Å². The highest BCUT2D eigenvalue weighted by Crippen LogP contribution is 2.27. The van der Waals surface area contributed by atoms with Crippen molar-refractivity contribution < 1.29 is 13.5 Å². The van der Waals surface area contributed by atoms with E-state index >= 15 is 0 Å². The maximum absolute atomic E-state index is 13.0. The second kappa shape index (κ2) is 7.18. The van der Waals surface area contributed by atoms with Gasteiger partial charge in [-0.1, -0.05) is 40.2 Å². The molecule has 0 saturated carbocycles. The average molecular weight is 461 g/mol. The monoisotopic (exact) mass is 460 g/mol. The first-order valence-corrected chi connectivity index (χ1v) is 11.3. The summed E-state index contributed by atoms with van der Waals surface area (Å²) in [5, 5.41) is 11.9. The lowest BCUT2D eigenvalue weighted by Gasteiger charge is -2.14. The fourth-order valence-corrected chi connectivity index (χ4v) is 5.44. The third kappa shape index (κ3) is 3.49. The van der Waals surface area contributed by atoms with Crippen LogP contribution in [-0.4, -0.2) is 41.9 Å². The summed E-state index contributed by atoms with van der Waals surface area (Å²) < 4.78 is 25.4. The molecule has 0 radical (unpaired) electrons. The zero-order valence-corrected chi connectivity index (χ0v) is 17.1. The first-order valence-electron chi connectivity index (χ1n) is 8.72. The number of hydrogen-bond acceptors (Lipinski definition) is 5. The van der Waals surface area contributed by atoms with Gasteiger partial charge in [0.2, 0.25) is 5.88 Å². The van der Waals surface area contributed by atoms with Gasteiger partial charge in [-0.25, -0.2) is 13.0 Å². The molecule has 0 aliphatic carbocycles. The Kier molecular flexibility index (Phi) is 4.84. The maximum Gasteiger partial charge on any atom is 0.265 e.